The van der Waals surface area contributed by atoms with Gasteiger partial charge < -0.3 is 4.74 Å². The lowest BCUT2D eigenvalue weighted by Gasteiger charge is -2.23. The summed E-state index contributed by atoms with van der Waals surface area (Å²) in [6.07, 6.45) is 1.72. The molecule has 1 aliphatic heterocycles. The molecule has 0 fully saturated rings. The van der Waals surface area contributed by atoms with E-state index in [4.69, 9.17) is 27.9 Å². The van der Waals surface area contributed by atoms with Gasteiger partial charge in [0.05, 0.1) is 22.4 Å². The Balaban J connectivity index is 1.95. The van der Waals surface area contributed by atoms with Crippen molar-refractivity contribution < 1.29 is 9.53 Å². The maximum Gasteiger partial charge on any atom is 0.338 e. The fourth-order valence-electron chi connectivity index (χ4n) is 3.27. The molecule has 30 heavy (non-hydrogen) atoms. The highest BCUT2D eigenvalue weighted by atomic mass is 35.5. The van der Waals surface area contributed by atoms with E-state index in [1.54, 1.807) is 42.7 Å². The number of hydrogen-bond donors (Lipinski definition) is 0. The van der Waals surface area contributed by atoms with E-state index in [2.05, 4.69) is 4.99 Å². The molecule has 0 spiro atoms. The summed E-state index contributed by atoms with van der Waals surface area (Å²) in [4.78, 5) is 32.0. The third-order valence-corrected chi connectivity index (χ3v) is 7.05. The summed E-state index contributed by atoms with van der Waals surface area (Å²) < 4.78 is 7.29. The first-order valence-corrected chi connectivity index (χ1v) is 11.5. The number of halogens is 2. The highest BCUT2D eigenvalue weighted by Gasteiger charge is 2.33. The Labute approximate surface area is 190 Å². The quantitative estimate of drug-likeness (QED) is 0.528. The predicted octanol–water partition coefficient (Wildman–Crippen LogP) is 4.17. The average Bonchev–Trinajstić information content (AvgIpc) is 3.32. The summed E-state index contributed by atoms with van der Waals surface area (Å²) in [5.74, 6) is -0.466. The molecule has 0 bridgehead atoms. The van der Waals surface area contributed by atoms with E-state index < -0.39 is 12.0 Å². The van der Waals surface area contributed by atoms with Crippen LogP contribution in [0, 0.1) is 0 Å². The van der Waals surface area contributed by atoms with Crippen molar-refractivity contribution in [2.75, 3.05) is 6.61 Å². The van der Waals surface area contributed by atoms with Crippen LogP contribution < -0.4 is 14.9 Å². The van der Waals surface area contributed by atoms with Gasteiger partial charge in [-0.3, -0.25) is 9.36 Å². The second kappa shape index (κ2) is 8.51. The van der Waals surface area contributed by atoms with Crippen LogP contribution in [0.15, 0.2) is 56.8 Å². The minimum Gasteiger partial charge on any atom is -0.463 e. The van der Waals surface area contributed by atoms with Crippen molar-refractivity contribution in [3.05, 3.63) is 87.2 Å². The molecule has 5 nitrogen and oxygen atoms in total. The molecule has 0 unspecified atom stereocenters. The number of aromatic nitrogens is 1. The van der Waals surface area contributed by atoms with Crippen molar-refractivity contribution in [3.63, 3.8) is 0 Å². The number of carbonyl (C=O) groups excluding carboxylic acids is 1. The number of nitrogens with zero attached hydrogens (tertiary/aromatic N) is 2. The minimum atomic E-state index is -0.580. The molecule has 4 rings (SSSR count). The van der Waals surface area contributed by atoms with Crippen molar-refractivity contribution in [2.45, 2.75) is 19.9 Å². The molecule has 0 radical (unpaired) electrons. The molecule has 1 aliphatic rings. The Morgan fingerprint density at radius 3 is 2.80 bits per heavy atom. The lowest BCUT2D eigenvalue weighted by atomic mass is 10.0. The molecule has 9 heteroatoms. The van der Waals surface area contributed by atoms with E-state index in [1.165, 1.54) is 22.7 Å². The average molecular weight is 479 g/mol. The Morgan fingerprint density at radius 1 is 1.33 bits per heavy atom. The molecular weight excluding hydrogens is 463 g/mol. The third kappa shape index (κ3) is 3.78. The third-order valence-electron chi connectivity index (χ3n) is 4.58. The van der Waals surface area contributed by atoms with Gasteiger partial charge in [-0.25, -0.2) is 9.79 Å². The summed E-state index contributed by atoms with van der Waals surface area (Å²) >= 11 is 15.0. The highest BCUT2D eigenvalue weighted by molar-refractivity contribution is 7.10. The summed E-state index contributed by atoms with van der Waals surface area (Å²) in [6, 6.07) is 8.32. The Morgan fingerprint density at radius 2 is 2.13 bits per heavy atom. The van der Waals surface area contributed by atoms with Gasteiger partial charge in [0.1, 0.15) is 6.04 Å². The molecule has 1 aromatic carbocycles. The molecule has 0 amide bonds. The van der Waals surface area contributed by atoms with Crippen LogP contribution >= 0.6 is 45.9 Å². The number of thiophene rings is 1. The lowest BCUT2D eigenvalue weighted by Crippen LogP contribution is -2.39. The fourth-order valence-corrected chi connectivity index (χ4v) is 5.59. The lowest BCUT2D eigenvalue weighted by molar-refractivity contribution is -0.139. The standard InChI is InChI=1S/C21H16Cl2N2O3S2/c1-3-28-20(27)17-11(2)24-21-25(18(17)15-5-4-8-29-15)19(26)16(30-21)9-12-6-7-13(22)10-14(12)23/h4-10,18H,3H2,1-2H3/b16-9-/t18-/m1/s1. The van der Waals surface area contributed by atoms with E-state index in [-0.39, 0.29) is 12.2 Å². The van der Waals surface area contributed by atoms with Gasteiger partial charge in [0.25, 0.3) is 5.56 Å². The van der Waals surface area contributed by atoms with E-state index >= 15 is 0 Å². The second-order valence-electron chi connectivity index (χ2n) is 6.48. The normalized spacial score (nSPS) is 16.4. The van der Waals surface area contributed by atoms with Crippen LogP contribution in [-0.4, -0.2) is 17.1 Å². The summed E-state index contributed by atoms with van der Waals surface area (Å²) in [5, 5.41) is 2.88. The van der Waals surface area contributed by atoms with Crippen molar-refractivity contribution in [2.24, 2.45) is 4.99 Å². The van der Waals surface area contributed by atoms with Crippen LogP contribution in [0.2, 0.25) is 10.0 Å². The number of fused-ring (bicyclic) bond motifs is 1. The van der Waals surface area contributed by atoms with Gasteiger partial charge in [0.2, 0.25) is 0 Å². The van der Waals surface area contributed by atoms with E-state index in [9.17, 15) is 9.59 Å². The number of allylic oxidation sites excluding steroid dienone is 1. The van der Waals surface area contributed by atoms with Gasteiger partial charge >= 0.3 is 5.97 Å². The van der Waals surface area contributed by atoms with Crippen LogP contribution in [0.1, 0.15) is 30.3 Å². The zero-order valence-corrected chi connectivity index (χ0v) is 19.2. The molecule has 2 aromatic heterocycles. The van der Waals surface area contributed by atoms with Crippen LogP contribution in [-0.2, 0) is 9.53 Å². The molecule has 3 heterocycles. The summed E-state index contributed by atoms with van der Waals surface area (Å²) in [7, 11) is 0. The molecule has 0 aliphatic carbocycles. The maximum atomic E-state index is 13.4. The van der Waals surface area contributed by atoms with Gasteiger partial charge in [-0.05, 0) is 49.1 Å². The number of carbonyl (C=O) groups is 1. The monoisotopic (exact) mass is 478 g/mol. The SMILES string of the molecule is CCOC(=O)C1=C(C)N=c2s/c(=C\c3ccc(Cl)cc3Cl)c(=O)n2[C@@H]1c1cccs1. The molecule has 3 aromatic rings. The molecule has 0 N–H and O–H groups in total. The van der Waals surface area contributed by atoms with Crippen molar-refractivity contribution >= 4 is 57.9 Å². The number of rotatable bonds is 4. The van der Waals surface area contributed by atoms with Gasteiger partial charge in [-0.1, -0.05) is 46.7 Å². The van der Waals surface area contributed by atoms with Crippen LogP contribution in [0.3, 0.4) is 0 Å². The zero-order valence-electron chi connectivity index (χ0n) is 16.0. The van der Waals surface area contributed by atoms with Crippen LogP contribution in [0.25, 0.3) is 6.08 Å². The van der Waals surface area contributed by atoms with Crippen molar-refractivity contribution in [3.8, 4) is 0 Å². The molecule has 1 atom stereocenters. The van der Waals surface area contributed by atoms with Crippen molar-refractivity contribution in [1.82, 2.24) is 4.57 Å². The van der Waals surface area contributed by atoms with E-state index in [0.29, 0.717) is 36.2 Å². The molecule has 0 saturated heterocycles. The van der Waals surface area contributed by atoms with Crippen molar-refractivity contribution in [1.29, 1.82) is 0 Å². The van der Waals surface area contributed by atoms with Crippen LogP contribution in [0.4, 0.5) is 0 Å². The smallest absolute Gasteiger partial charge is 0.338 e. The summed E-state index contributed by atoms with van der Waals surface area (Å²) in [5.41, 5.74) is 1.37. The first-order valence-electron chi connectivity index (χ1n) is 9.08. The molecule has 154 valence electrons. The number of thiazole rings is 1. The van der Waals surface area contributed by atoms with Gasteiger partial charge in [-0.2, -0.15) is 0 Å². The first-order chi connectivity index (χ1) is 14.4. The maximum absolute atomic E-state index is 13.4. The van der Waals surface area contributed by atoms with Gasteiger partial charge in [0.15, 0.2) is 4.80 Å². The van der Waals surface area contributed by atoms with E-state index in [1.807, 2.05) is 17.5 Å². The fraction of sp³-hybridized carbons (Fsp3) is 0.190. The number of benzene rings is 1. The second-order valence-corrected chi connectivity index (χ2v) is 9.32. The predicted molar refractivity (Wildman–Crippen MR) is 121 cm³/mol. The minimum absolute atomic E-state index is 0.238. The van der Waals surface area contributed by atoms with E-state index in [0.717, 1.165) is 4.88 Å². The largest absolute Gasteiger partial charge is 0.463 e. The van der Waals surface area contributed by atoms with Gasteiger partial charge in [-0.15, -0.1) is 11.3 Å². The van der Waals surface area contributed by atoms with Crippen LogP contribution in [0.5, 0.6) is 0 Å². The Bertz CT molecular complexity index is 1340. The topological polar surface area (TPSA) is 60.7 Å². The first kappa shape index (κ1) is 21.1. The zero-order chi connectivity index (χ0) is 21.4. The highest BCUT2D eigenvalue weighted by Crippen LogP contribution is 2.33. The van der Waals surface area contributed by atoms with Gasteiger partial charge in [0, 0.05) is 14.9 Å². The number of esters is 1. The number of ether oxygens (including phenoxy) is 1. The molecule has 0 saturated carbocycles. The summed E-state index contributed by atoms with van der Waals surface area (Å²) in [6.45, 7) is 3.76. The number of hydrogen-bond acceptors (Lipinski definition) is 6. The molecular formula is C21H16Cl2N2O3S2. The Hall–Kier alpha value is -2.19. The Kier molecular flexibility index (Phi) is 5.97.